The van der Waals surface area contributed by atoms with Gasteiger partial charge in [-0.25, -0.2) is 9.59 Å². The largest absolute Gasteiger partial charge is 0.458 e. The molecule has 2 radical (unpaired) electrons. The van der Waals surface area contributed by atoms with Crippen LogP contribution in [0, 0.1) is 0 Å². The van der Waals surface area contributed by atoms with Crippen LogP contribution in [-0.2, 0) is 9.47 Å². The summed E-state index contributed by atoms with van der Waals surface area (Å²) in [7, 11) is -1.44. The molecule has 156 valence electrons. The molecular formula is C24H28O4Si2. The summed E-state index contributed by atoms with van der Waals surface area (Å²) in [6.45, 7) is 16.4. The summed E-state index contributed by atoms with van der Waals surface area (Å²) in [5.41, 5.74) is 1.32. The SMILES string of the molecule is C=CCOC(=O)c1ccccc1C(=O)OC(C=C)c1cc([Si](C)C)ccc1[Si](C)C. The zero-order chi connectivity index (χ0) is 22.3. The molecule has 0 aliphatic rings. The Hall–Kier alpha value is -2.71. The molecule has 2 aromatic rings. The first-order valence-corrected chi connectivity index (χ1v) is 14.8. The van der Waals surface area contributed by atoms with Crippen LogP contribution in [0.4, 0.5) is 0 Å². The summed E-state index contributed by atoms with van der Waals surface area (Å²) in [4.78, 5) is 25.3. The molecule has 0 spiro atoms. The van der Waals surface area contributed by atoms with Gasteiger partial charge in [0.15, 0.2) is 0 Å². The van der Waals surface area contributed by atoms with E-state index < -0.39 is 35.6 Å². The van der Waals surface area contributed by atoms with Crippen LogP contribution in [0.5, 0.6) is 0 Å². The predicted octanol–water partition coefficient (Wildman–Crippen LogP) is 4.04. The van der Waals surface area contributed by atoms with Crippen LogP contribution in [0.1, 0.15) is 32.4 Å². The smallest absolute Gasteiger partial charge is 0.339 e. The molecule has 0 aromatic heterocycles. The number of hydrogen-bond acceptors (Lipinski definition) is 4. The van der Waals surface area contributed by atoms with Crippen molar-refractivity contribution in [2.75, 3.05) is 6.61 Å². The molecule has 0 saturated carbocycles. The highest BCUT2D eigenvalue weighted by Gasteiger charge is 2.24. The van der Waals surface area contributed by atoms with Crippen LogP contribution in [-0.4, -0.2) is 36.1 Å². The minimum absolute atomic E-state index is 0.0729. The third-order valence-electron chi connectivity index (χ3n) is 4.62. The van der Waals surface area contributed by atoms with E-state index in [-0.39, 0.29) is 17.7 Å². The van der Waals surface area contributed by atoms with E-state index in [2.05, 4.69) is 57.5 Å². The number of carbonyl (C=O) groups is 2. The lowest BCUT2D eigenvalue weighted by molar-refractivity contribution is 0.0380. The number of ether oxygens (including phenoxy) is 2. The second-order valence-electron chi connectivity index (χ2n) is 7.30. The molecule has 4 nitrogen and oxygen atoms in total. The quantitative estimate of drug-likeness (QED) is 0.338. The molecule has 0 heterocycles. The lowest BCUT2D eigenvalue weighted by Crippen LogP contribution is -2.34. The number of carbonyl (C=O) groups excluding carboxylic acids is 2. The van der Waals surface area contributed by atoms with Crippen LogP contribution >= 0.6 is 0 Å². The second kappa shape index (κ2) is 10.9. The van der Waals surface area contributed by atoms with Gasteiger partial charge in [-0.2, -0.15) is 0 Å². The fraction of sp³-hybridized carbons (Fsp3) is 0.250. The van der Waals surface area contributed by atoms with Gasteiger partial charge in [0.25, 0.3) is 0 Å². The molecule has 2 rings (SSSR count). The highest BCUT2D eigenvalue weighted by Crippen LogP contribution is 2.21. The Morgan fingerprint density at radius 1 is 0.967 bits per heavy atom. The van der Waals surface area contributed by atoms with Gasteiger partial charge in [0.05, 0.1) is 28.7 Å². The maximum absolute atomic E-state index is 13.0. The fourth-order valence-corrected chi connectivity index (χ4v) is 5.10. The fourth-order valence-electron chi connectivity index (χ4n) is 3.03. The van der Waals surface area contributed by atoms with Crippen molar-refractivity contribution < 1.29 is 19.1 Å². The van der Waals surface area contributed by atoms with E-state index in [1.807, 2.05) is 0 Å². The maximum Gasteiger partial charge on any atom is 0.339 e. The van der Waals surface area contributed by atoms with Crippen molar-refractivity contribution in [1.29, 1.82) is 0 Å². The van der Waals surface area contributed by atoms with E-state index >= 15 is 0 Å². The number of hydrogen-bond donors (Lipinski definition) is 0. The van der Waals surface area contributed by atoms with Crippen molar-refractivity contribution in [3.8, 4) is 0 Å². The molecule has 0 saturated heterocycles. The van der Waals surface area contributed by atoms with Crippen molar-refractivity contribution >= 4 is 39.9 Å². The minimum Gasteiger partial charge on any atom is -0.458 e. The monoisotopic (exact) mass is 436 g/mol. The van der Waals surface area contributed by atoms with E-state index in [1.165, 1.54) is 16.4 Å². The van der Waals surface area contributed by atoms with Gasteiger partial charge >= 0.3 is 11.9 Å². The Bertz CT molecular complexity index is 935. The lowest BCUT2D eigenvalue weighted by atomic mass is 10.1. The first-order chi connectivity index (χ1) is 14.3. The molecule has 0 amide bonds. The topological polar surface area (TPSA) is 52.6 Å². The molecule has 0 aliphatic heterocycles. The normalized spacial score (nSPS) is 11.8. The van der Waals surface area contributed by atoms with E-state index in [1.54, 1.807) is 30.3 Å². The van der Waals surface area contributed by atoms with Crippen molar-refractivity contribution in [3.63, 3.8) is 0 Å². The summed E-state index contributed by atoms with van der Waals surface area (Å²) in [6.07, 6.45) is 2.53. The third-order valence-corrected chi connectivity index (χ3v) is 7.62. The Morgan fingerprint density at radius 3 is 2.13 bits per heavy atom. The summed E-state index contributed by atoms with van der Waals surface area (Å²) in [5, 5.41) is 2.49. The summed E-state index contributed by atoms with van der Waals surface area (Å²) < 4.78 is 10.9. The average molecular weight is 437 g/mol. The van der Waals surface area contributed by atoms with Crippen molar-refractivity contribution in [1.82, 2.24) is 0 Å². The molecule has 6 heteroatoms. The van der Waals surface area contributed by atoms with Gasteiger partial charge in [-0.05, 0) is 23.8 Å². The number of esters is 2. The van der Waals surface area contributed by atoms with E-state index in [0.717, 1.165) is 5.56 Å². The van der Waals surface area contributed by atoms with Gasteiger partial charge in [0, 0.05) is 0 Å². The Kier molecular flexibility index (Phi) is 8.56. The van der Waals surface area contributed by atoms with Crippen LogP contribution < -0.4 is 10.4 Å². The first kappa shape index (κ1) is 23.6. The summed E-state index contributed by atoms with van der Waals surface area (Å²) >= 11 is 0. The summed E-state index contributed by atoms with van der Waals surface area (Å²) in [6, 6.07) is 13.0. The van der Waals surface area contributed by atoms with Crippen molar-refractivity contribution in [2.24, 2.45) is 0 Å². The average Bonchev–Trinajstić information content (AvgIpc) is 2.74. The molecule has 0 bridgehead atoms. The van der Waals surface area contributed by atoms with Crippen LogP contribution in [0.3, 0.4) is 0 Å². The van der Waals surface area contributed by atoms with Crippen molar-refractivity contribution in [2.45, 2.75) is 32.3 Å². The van der Waals surface area contributed by atoms with Crippen LogP contribution in [0.2, 0.25) is 26.2 Å². The van der Waals surface area contributed by atoms with E-state index in [9.17, 15) is 9.59 Å². The zero-order valence-corrected chi connectivity index (χ0v) is 20.0. The van der Waals surface area contributed by atoms with Gasteiger partial charge in [0.2, 0.25) is 0 Å². The van der Waals surface area contributed by atoms with Gasteiger partial charge < -0.3 is 9.47 Å². The molecule has 2 aromatic carbocycles. The summed E-state index contributed by atoms with van der Waals surface area (Å²) in [5.74, 6) is -1.17. The molecule has 0 aliphatic carbocycles. The highest BCUT2D eigenvalue weighted by atomic mass is 28.3. The molecule has 0 fully saturated rings. The lowest BCUT2D eigenvalue weighted by Gasteiger charge is -2.22. The van der Waals surface area contributed by atoms with Crippen LogP contribution in [0.25, 0.3) is 0 Å². The molecule has 1 unspecified atom stereocenters. The first-order valence-electron chi connectivity index (χ1n) is 9.75. The standard InChI is InChI=1S/C24H28O4Si2/c1-7-15-27-23(25)18-11-9-10-12-19(18)24(26)28-21(8-2)20-16-17(29(3)4)13-14-22(20)30(5)6/h7-14,16,21H,1-2,15H2,3-6H3. The van der Waals surface area contributed by atoms with E-state index in [4.69, 9.17) is 9.47 Å². The number of benzene rings is 2. The highest BCUT2D eigenvalue weighted by molar-refractivity contribution is 6.73. The van der Waals surface area contributed by atoms with Gasteiger partial charge in [0.1, 0.15) is 12.7 Å². The Balaban J connectivity index is 2.39. The Morgan fingerprint density at radius 2 is 1.60 bits per heavy atom. The maximum atomic E-state index is 13.0. The third kappa shape index (κ3) is 5.67. The second-order valence-corrected chi connectivity index (χ2v) is 12.4. The van der Waals surface area contributed by atoms with Gasteiger partial charge in [-0.15, -0.1) is 0 Å². The van der Waals surface area contributed by atoms with Gasteiger partial charge in [-0.1, -0.05) is 86.1 Å². The molecule has 1 atom stereocenters. The number of rotatable bonds is 9. The predicted molar refractivity (Wildman–Crippen MR) is 126 cm³/mol. The zero-order valence-electron chi connectivity index (χ0n) is 18.0. The minimum atomic E-state index is -0.780. The van der Waals surface area contributed by atoms with Gasteiger partial charge in [-0.3, -0.25) is 0 Å². The van der Waals surface area contributed by atoms with Crippen LogP contribution in [0.15, 0.2) is 67.8 Å². The molecular weight excluding hydrogens is 408 g/mol. The Labute approximate surface area is 182 Å². The molecule has 30 heavy (non-hydrogen) atoms. The molecule has 0 N–H and O–H groups in total. The van der Waals surface area contributed by atoms with Crippen molar-refractivity contribution in [3.05, 3.63) is 84.5 Å². The van der Waals surface area contributed by atoms with E-state index in [0.29, 0.717) is 0 Å².